The van der Waals surface area contributed by atoms with Crippen LogP contribution in [0.1, 0.15) is 25.0 Å². The molecule has 7 rings (SSSR count). The highest BCUT2D eigenvalue weighted by Crippen LogP contribution is 2.56. The second-order valence-corrected chi connectivity index (χ2v) is 12.8. The van der Waals surface area contributed by atoms with E-state index in [-0.39, 0.29) is 5.41 Å². The Morgan fingerprint density at radius 1 is 0.568 bits per heavy atom. The van der Waals surface area contributed by atoms with Crippen molar-refractivity contribution in [1.82, 2.24) is 0 Å². The van der Waals surface area contributed by atoms with E-state index in [0.29, 0.717) is 28.3 Å². The van der Waals surface area contributed by atoms with Gasteiger partial charge in [0.15, 0.2) is 30.1 Å². The molecule has 0 unspecified atom stereocenters. The van der Waals surface area contributed by atoms with Crippen LogP contribution in [-0.4, -0.2) is 0 Å². The molecule has 1 aliphatic heterocycles. The van der Waals surface area contributed by atoms with Crippen molar-refractivity contribution in [3.05, 3.63) is 126 Å². The van der Waals surface area contributed by atoms with Gasteiger partial charge in [-0.1, -0.05) is 105 Å². The Balaban J connectivity index is 1.42. The highest BCUT2D eigenvalue weighted by molar-refractivity contribution is 7.85. The van der Waals surface area contributed by atoms with Gasteiger partial charge in [-0.15, -0.1) is 0 Å². The van der Waals surface area contributed by atoms with Crippen LogP contribution in [0.25, 0.3) is 11.1 Å². The van der Waals surface area contributed by atoms with Gasteiger partial charge in [-0.05, 0) is 46.5 Å². The standard InChI is InChI=1S/C33H25O3P/c1-33(2)26-17-10-9-16-24(26)25-20-29-30(21-27(25)33)35-28-18-11-19-31(32(28)36-29)37(34,22-12-5-3-6-13-22)23-14-7-4-8-15-23/h3-21H,1-2H3. The zero-order chi connectivity index (χ0) is 25.2. The first kappa shape index (κ1) is 22.2. The summed E-state index contributed by atoms with van der Waals surface area (Å²) in [4.78, 5) is 0. The molecule has 5 aromatic carbocycles. The van der Waals surface area contributed by atoms with Crippen molar-refractivity contribution >= 4 is 23.1 Å². The molecule has 180 valence electrons. The van der Waals surface area contributed by atoms with Crippen LogP contribution in [0.4, 0.5) is 0 Å². The maximum absolute atomic E-state index is 15.1. The molecule has 0 saturated heterocycles. The molecule has 0 saturated carbocycles. The zero-order valence-corrected chi connectivity index (χ0v) is 21.5. The average molecular weight is 501 g/mol. The topological polar surface area (TPSA) is 35.5 Å². The highest BCUT2D eigenvalue weighted by Gasteiger charge is 2.39. The summed E-state index contributed by atoms with van der Waals surface area (Å²) in [6.07, 6.45) is 0. The maximum atomic E-state index is 15.1. The lowest BCUT2D eigenvalue weighted by Gasteiger charge is -2.28. The SMILES string of the molecule is CC1(C)c2ccccc2-c2cc3c(cc21)Oc1cccc(P(=O)(c2ccccc2)c2ccccc2)c1O3. The van der Waals surface area contributed by atoms with Crippen LogP contribution >= 0.6 is 7.14 Å². The zero-order valence-electron chi connectivity index (χ0n) is 20.6. The first-order valence-corrected chi connectivity index (χ1v) is 14.2. The number of rotatable bonds is 3. The van der Waals surface area contributed by atoms with Crippen molar-refractivity contribution in [1.29, 1.82) is 0 Å². The molecular weight excluding hydrogens is 475 g/mol. The summed E-state index contributed by atoms with van der Waals surface area (Å²) in [6.45, 7) is 4.49. The average Bonchev–Trinajstić information content (AvgIpc) is 3.17. The number of benzene rings is 5. The molecule has 4 heteroatoms. The monoisotopic (exact) mass is 500 g/mol. The summed E-state index contributed by atoms with van der Waals surface area (Å²) in [5, 5.41) is 2.15. The van der Waals surface area contributed by atoms with E-state index in [4.69, 9.17) is 9.47 Å². The molecule has 0 atom stereocenters. The fourth-order valence-corrected chi connectivity index (χ4v) is 8.51. The number of hydrogen-bond donors (Lipinski definition) is 0. The Hall–Kier alpha value is -4.07. The van der Waals surface area contributed by atoms with Gasteiger partial charge in [0, 0.05) is 16.0 Å². The molecule has 0 radical (unpaired) electrons. The minimum absolute atomic E-state index is 0.136. The Labute approximate surface area is 216 Å². The fraction of sp³-hybridized carbons (Fsp3) is 0.0909. The molecule has 0 bridgehead atoms. The first-order valence-electron chi connectivity index (χ1n) is 12.5. The maximum Gasteiger partial charge on any atom is 0.181 e. The molecule has 2 aliphatic rings. The Morgan fingerprint density at radius 2 is 1.19 bits per heavy atom. The molecule has 5 aromatic rings. The van der Waals surface area contributed by atoms with E-state index < -0.39 is 7.14 Å². The number of hydrogen-bond acceptors (Lipinski definition) is 3. The van der Waals surface area contributed by atoms with Crippen LogP contribution in [-0.2, 0) is 9.98 Å². The molecule has 0 amide bonds. The van der Waals surface area contributed by atoms with Crippen molar-refractivity contribution in [2.75, 3.05) is 0 Å². The minimum atomic E-state index is -3.24. The number of fused-ring (bicyclic) bond motifs is 5. The number of para-hydroxylation sites is 1. The minimum Gasteiger partial charge on any atom is -0.449 e. The summed E-state index contributed by atoms with van der Waals surface area (Å²) in [5.41, 5.74) is 4.74. The van der Waals surface area contributed by atoms with Gasteiger partial charge in [0.05, 0.1) is 5.30 Å². The van der Waals surface area contributed by atoms with E-state index in [9.17, 15) is 0 Å². The van der Waals surface area contributed by atoms with Gasteiger partial charge < -0.3 is 14.0 Å². The van der Waals surface area contributed by atoms with Crippen LogP contribution in [0.15, 0.2) is 115 Å². The highest BCUT2D eigenvalue weighted by atomic mass is 31.2. The smallest absolute Gasteiger partial charge is 0.181 e. The van der Waals surface area contributed by atoms with Crippen LogP contribution in [0.2, 0.25) is 0 Å². The van der Waals surface area contributed by atoms with Crippen molar-refractivity contribution < 1.29 is 14.0 Å². The third-order valence-electron chi connectivity index (χ3n) is 7.62. The number of ether oxygens (including phenoxy) is 2. The molecule has 1 heterocycles. The molecule has 0 fully saturated rings. The normalized spacial score (nSPS) is 14.4. The van der Waals surface area contributed by atoms with Crippen molar-refractivity contribution in [2.45, 2.75) is 19.3 Å². The van der Waals surface area contributed by atoms with Crippen LogP contribution < -0.4 is 25.4 Å². The summed E-state index contributed by atoms with van der Waals surface area (Å²) in [6, 6.07) is 37.7. The quantitative estimate of drug-likeness (QED) is 0.236. The van der Waals surface area contributed by atoms with Crippen molar-refractivity contribution in [2.24, 2.45) is 0 Å². The van der Waals surface area contributed by atoms with Crippen molar-refractivity contribution in [3.63, 3.8) is 0 Å². The van der Waals surface area contributed by atoms with Gasteiger partial charge in [0.25, 0.3) is 0 Å². The lowest BCUT2D eigenvalue weighted by atomic mass is 9.82. The second kappa shape index (κ2) is 7.96. The predicted octanol–water partition coefficient (Wildman–Crippen LogP) is 7.53. The summed E-state index contributed by atoms with van der Waals surface area (Å²) < 4.78 is 28.2. The molecular formula is C33H25O3P. The third-order valence-corrected chi connectivity index (χ3v) is 10.7. The van der Waals surface area contributed by atoms with E-state index in [1.54, 1.807) is 0 Å². The van der Waals surface area contributed by atoms with Gasteiger partial charge in [0.1, 0.15) is 0 Å². The third kappa shape index (κ3) is 3.17. The Kier molecular flexibility index (Phi) is 4.77. The van der Waals surface area contributed by atoms with Crippen LogP contribution in [0.5, 0.6) is 23.0 Å². The first-order chi connectivity index (χ1) is 18.0. The van der Waals surface area contributed by atoms with E-state index in [1.165, 1.54) is 16.7 Å². The van der Waals surface area contributed by atoms with E-state index in [2.05, 4.69) is 50.2 Å². The lowest BCUT2D eigenvalue weighted by Crippen LogP contribution is -2.26. The van der Waals surface area contributed by atoms with Crippen LogP contribution in [0, 0.1) is 0 Å². The second-order valence-electron chi connectivity index (χ2n) is 10.1. The molecule has 1 aliphatic carbocycles. The van der Waals surface area contributed by atoms with Gasteiger partial charge in [0.2, 0.25) is 0 Å². The predicted molar refractivity (Wildman–Crippen MR) is 150 cm³/mol. The van der Waals surface area contributed by atoms with Crippen LogP contribution in [0.3, 0.4) is 0 Å². The summed E-state index contributed by atoms with van der Waals surface area (Å²) in [5.74, 6) is 2.40. The fourth-order valence-electron chi connectivity index (χ4n) is 5.73. The molecule has 0 aromatic heterocycles. The lowest BCUT2D eigenvalue weighted by molar-refractivity contribution is 0.361. The Morgan fingerprint density at radius 3 is 1.89 bits per heavy atom. The molecule has 0 spiro atoms. The Bertz CT molecular complexity index is 1680. The molecule has 37 heavy (non-hydrogen) atoms. The van der Waals surface area contributed by atoms with Gasteiger partial charge in [-0.3, -0.25) is 0 Å². The van der Waals surface area contributed by atoms with Gasteiger partial charge in [-0.25, -0.2) is 0 Å². The van der Waals surface area contributed by atoms with E-state index >= 15 is 4.57 Å². The van der Waals surface area contributed by atoms with E-state index in [0.717, 1.165) is 16.2 Å². The summed E-state index contributed by atoms with van der Waals surface area (Å²) in [7, 11) is -3.24. The molecule has 0 N–H and O–H groups in total. The van der Waals surface area contributed by atoms with Crippen molar-refractivity contribution in [3.8, 4) is 34.1 Å². The van der Waals surface area contributed by atoms with Gasteiger partial charge in [-0.2, -0.15) is 0 Å². The summed E-state index contributed by atoms with van der Waals surface area (Å²) >= 11 is 0. The largest absolute Gasteiger partial charge is 0.449 e. The van der Waals surface area contributed by atoms with E-state index in [1.807, 2.05) is 78.9 Å². The molecule has 3 nitrogen and oxygen atoms in total. The van der Waals surface area contributed by atoms with Gasteiger partial charge >= 0.3 is 0 Å².